The Balaban J connectivity index is 1.37. The minimum Gasteiger partial charge on any atom is -0.472 e. The van der Waals surface area contributed by atoms with E-state index in [1.165, 1.54) is 19.5 Å². The number of allylic oxidation sites excluding steroid dienone is 1. The summed E-state index contributed by atoms with van der Waals surface area (Å²) in [6.07, 6.45) is 1.75. The first-order valence-corrected chi connectivity index (χ1v) is 16.8. The SMILES string of the molecule is C/C=C(\C)C(=O)O[C@H]1[C@@]2(C)C[C@@]34OC5(C)O[C@]6([C@@H]7CC(=O)O[C@@H](c8ccoc8)[C@]7(C)CC[C@]6(O5)[C@@]35COC(=O)C[C@@H]25)[C@H](OC(C)=O)[C@@]14O. The molecule has 0 amide bonds. The fourth-order valence-corrected chi connectivity index (χ4v) is 12.7. The number of carbonyl (C=O) groups is 4. The molecule has 3 spiro atoms. The molecule has 4 saturated heterocycles. The summed E-state index contributed by atoms with van der Waals surface area (Å²) in [5.41, 5.74) is -9.16. The van der Waals surface area contributed by atoms with Crippen LogP contribution in [0, 0.1) is 28.1 Å². The van der Waals surface area contributed by atoms with Gasteiger partial charge in [-0.15, -0.1) is 0 Å². The Kier molecular flexibility index (Phi) is 5.59. The van der Waals surface area contributed by atoms with Gasteiger partial charge in [0.2, 0.25) is 0 Å². The van der Waals surface area contributed by atoms with Gasteiger partial charge in [-0.05, 0) is 45.1 Å². The van der Waals surface area contributed by atoms with Gasteiger partial charge in [0, 0.05) is 48.2 Å². The Bertz CT molecular complexity index is 1720. The fourth-order valence-electron chi connectivity index (χ4n) is 12.7. The summed E-state index contributed by atoms with van der Waals surface area (Å²) >= 11 is 0. The Labute approximate surface area is 276 Å². The van der Waals surface area contributed by atoms with Crippen molar-refractivity contribution >= 4 is 23.9 Å². The average Bonchev–Trinajstić information content (AvgIpc) is 3.73. The molecular formula is C35H40O13. The molecule has 1 aromatic heterocycles. The van der Waals surface area contributed by atoms with Gasteiger partial charge < -0.3 is 42.7 Å². The zero-order chi connectivity index (χ0) is 34.1. The molecule has 4 bridgehead atoms. The van der Waals surface area contributed by atoms with Crippen LogP contribution in [-0.2, 0) is 52.3 Å². The van der Waals surface area contributed by atoms with Crippen LogP contribution in [0.2, 0.25) is 0 Å². The second kappa shape index (κ2) is 8.72. The number of rotatable bonds is 4. The number of fused-ring (bicyclic) bond motifs is 4. The van der Waals surface area contributed by atoms with Crippen LogP contribution in [-0.4, -0.2) is 76.2 Å². The number of carbonyl (C=O) groups excluding carboxylic acids is 4. The molecule has 5 heterocycles. The first-order valence-electron chi connectivity index (χ1n) is 16.8. The molecule has 8 aliphatic rings. The van der Waals surface area contributed by atoms with E-state index in [4.69, 9.17) is 37.6 Å². The monoisotopic (exact) mass is 668 g/mol. The van der Waals surface area contributed by atoms with Crippen LogP contribution in [0.5, 0.6) is 0 Å². The lowest BCUT2D eigenvalue weighted by atomic mass is 9.33. The van der Waals surface area contributed by atoms with Crippen LogP contribution in [0.1, 0.15) is 85.3 Å². The quantitative estimate of drug-likeness (QED) is 0.283. The van der Waals surface area contributed by atoms with E-state index in [1.807, 2.05) is 13.8 Å². The molecule has 4 aliphatic carbocycles. The number of ether oxygens (including phenoxy) is 7. The molecule has 9 rings (SSSR count). The molecule has 4 saturated carbocycles. The van der Waals surface area contributed by atoms with Crippen LogP contribution in [0.3, 0.4) is 0 Å². The third kappa shape index (κ3) is 2.88. The van der Waals surface area contributed by atoms with Crippen molar-refractivity contribution in [1.29, 1.82) is 0 Å². The van der Waals surface area contributed by atoms with E-state index >= 15 is 0 Å². The molecule has 48 heavy (non-hydrogen) atoms. The van der Waals surface area contributed by atoms with Crippen LogP contribution in [0.25, 0.3) is 0 Å². The highest BCUT2D eigenvalue weighted by atomic mass is 16.9. The van der Waals surface area contributed by atoms with Gasteiger partial charge in [0.15, 0.2) is 11.7 Å². The van der Waals surface area contributed by atoms with Crippen molar-refractivity contribution in [3.8, 4) is 0 Å². The smallest absolute Gasteiger partial charge is 0.333 e. The highest BCUT2D eigenvalue weighted by Gasteiger charge is 3.05. The number of hydrogen-bond acceptors (Lipinski definition) is 13. The first-order chi connectivity index (χ1) is 22.5. The topological polar surface area (TPSA) is 166 Å². The predicted molar refractivity (Wildman–Crippen MR) is 157 cm³/mol. The zero-order valence-electron chi connectivity index (χ0n) is 27.8. The predicted octanol–water partition coefficient (Wildman–Crippen LogP) is 3.18. The third-order valence-corrected chi connectivity index (χ3v) is 14.1. The fraction of sp³-hybridized carbons (Fsp3) is 0.714. The van der Waals surface area contributed by atoms with Crippen molar-refractivity contribution in [2.75, 3.05) is 6.61 Å². The lowest BCUT2D eigenvalue weighted by Gasteiger charge is -2.77. The molecule has 1 unspecified atom stereocenters. The second-order valence-corrected chi connectivity index (χ2v) is 15.9. The number of aliphatic hydroxyl groups is 1. The van der Waals surface area contributed by atoms with Crippen LogP contribution < -0.4 is 0 Å². The zero-order valence-corrected chi connectivity index (χ0v) is 27.8. The van der Waals surface area contributed by atoms with E-state index in [1.54, 1.807) is 32.9 Å². The Morgan fingerprint density at radius 2 is 1.67 bits per heavy atom. The van der Waals surface area contributed by atoms with Crippen molar-refractivity contribution in [3.63, 3.8) is 0 Å². The minimum atomic E-state index is -2.23. The molecule has 258 valence electrons. The molecule has 13 nitrogen and oxygen atoms in total. The highest BCUT2D eigenvalue weighted by Crippen LogP contribution is 2.90. The molecule has 8 fully saturated rings. The van der Waals surface area contributed by atoms with Gasteiger partial charge >= 0.3 is 23.9 Å². The van der Waals surface area contributed by atoms with E-state index in [9.17, 15) is 24.3 Å². The average molecular weight is 669 g/mol. The van der Waals surface area contributed by atoms with Crippen LogP contribution in [0.4, 0.5) is 0 Å². The summed E-state index contributed by atoms with van der Waals surface area (Å²) in [4.78, 5) is 53.9. The van der Waals surface area contributed by atoms with Gasteiger partial charge in [-0.1, -0.05) is 19.9 Å². The van der Waals surface area contributed by atoms with Crippen LogP contribution in [0.15, 0.2) is 34.7 Å². The third-order valence-electron chi connectivity index (χ3n) is 14.1. The lowest BCUT2D eigenvalue weighted by molar-refractivity contribution is -0.486. The maximum Gasteiger partial charge on any atom is 0.333 e. The summed E-state index contributed by atoms with van der Waals surface area (Å²) in [6, 6.07) is 1.74. The summed E-state index contributed by atoms with van der Waals surface area (Å²) in [5, 5.41) is 13.8. The van der Waals surface area contributed by atoms with Crippen LogP contribution >= 0.6 is 0 Å². The number of esters is 4. The number of furan rings is 1. The minimum absolute atomic E-state index is 0.0495. The van der Waals surface area contributed by atoms with Gasteiger partial charge in [-0.25, -0.2) is 4.79 Å². The van der Waals surface area contributed by atoms with Crippen molar-refractivity contribution in [2.45, 2.75) is 120 Å². The van der Waals surface area contributed by atoms with Gasteiger partial charge in [-0.3, -0.25) is 14.4 Å². The van der Waals surface area contributed by atoms with E-state index < -0.39 is 98.6 Å². The molecule has 13 atom stereocenters. The number of cyclic esters (lactones) is 2. The van der Waals surface area contributed by atoms with Gasteiger partial charge in [0.05, 0.1) is 24.4 Å². The van der Waals surface area contributed by atoms with Crippen molar-refractivity contribution in [2.24, 2.45) is 28.1 Å². The Morgan fingerprint density at radius 3 is 2.35 bits per heavy atom. The molecule has 1 N–H and O–H groups in total. The lowest BCUT2D eigenvalue weighted by Crippen LogP contribution is -2.95. The van der Waals surface area contributed by atoms with Crippen molar-refractivity contribution < 1.29 is 61.9 Å². The maximum atomic E-state index is 13.8. The number of hydrogen-bond donors (Lipinski definition) is 1. The molecule has 13 heteroatoms. The van der Waals surface area contributed by atoms with E-state index in [-0.39, 0.29) is 25.9 Å². The van der Waals surface area contributed by atoms with Crippen molar-refractivity contribution in [1.82, 2.24) is 0 Å². The first kappa shape index (κ1) is 30.8. The molecule has 1 aromatic rings. The summed E-state index contributed by atoms with van der Waals surface area (Å²) in [6.45, 7) is 9.90. The highest BCUT2D eigenvalue weighted by molar-refractivity contribution is 5.88. The Hall–Kier alpha value is -3.26. The molecule has 4 aliphatic heterocycles. The van der Waals surface area contributed by atoms with E-state index in [0.29, 0.717) is 24.0 Å². The standard InChI is InChI=1S/C35H40O13/c1-7-17(2)25(39)45-26-29(5)15-33-31(16-42-22(37)12-20(29)31)32-10-9-28(4)21(13-23(38)44-24(28)19-8-11-41-14-19)35(32,48-30(6,46-32)47-33)27(34(26,33)40)43-18(3)36/h7-8,11,14,20-21,24,26-27,40H,9-10,12-13,15-16H2,1-6H3/b17-7+/t20-,21+,24-,26-,27+,28+,29-,30?,31-,32-,33+,34-,35+/m0/s1. The molecule has 0 aromatic carbocycles. The van der Waals surface area contributed by atoms with Gasteiger partial charge in [-0.2, -0.15) is 0 Å². The van der Waals surface area contributed by atoms with E-state index in [2.05, 4.69) is 0 Å². The maximum absolute atomic E-state index is 13.8. The van der Waals surface area contributed by atoms with Gasteiger partial charge in [0.1, 0.15) is 35.6 Å². The normalized spacial score (nSPS) is 53.7. The largest absolute Gasteiger partial charge is 0.472 e. The molecule has 0 radical (unpaired) electrons. The summed E-state index contributed by atoms with van der Waals surface area (Å²) in [5.74, 6) is -5.46. The Morgan fingerprint density at radius 1 is 0.938 bits per heavy atom. The summed E-state index contributed by atoms with van der Waals surface area (Å²) < 4.78 is 51.3. The van der Waals surface area contributed by atoms with Gasteiger partial charge in [0.25, 0.3) is 5.97 Å². The molecular weight excluding hydrogens is 628 g/mol. The summed E-state index contributed by atoms with van der Waals surface area (Å²) in [7, 11) is 0. The van der Waals surface area contributed by atoms with Crippen molar-refractivity contribution in [3.05, 3.63) is 35.8 Å². The second-order valence-electron chi connectivity index (χ2n) is 15.9. The van der Waals surface area contributed by atoms with E-state index in [0.717, 1.165) is 0 Å².